The number of benzene rings is 3. The first-order valence-electron chi connectivity index (χ1n) is 11.0. The maximum absolute atomic E-state index is 14.8. The lowest BCUT2D eigenvalue weighted by Gasteiger charge is -2.33. The molecule has 0 saturated carbocycles. The summed E-state index contributed by atoms with van der Waals surface area (Å²) in [5.41, 5.74) is 0.228. The number of hydrogen-bond donors (Lipinski definition) is 3. The Hall–Kier alpha value is -2.53. The summed E-state index contributed by atoms with van der Waals surface area (Å²) in [5, 5.41) is 32.1. The van der Waals surface area contributed by atoms with Crippen molar-refractivity contribution in [3.8, 4) is 0 Å². The third-order valence-corrected chi connectivity index (χ3v) is 9.23. The lowest BCUT2D eigenvalue weighted by molar-refractivity contribution is 0.0345. The van der Waals surface area contributed by atoms with Gasteiger partial charge in [-0.2, -0.15) is 0 Å². The Morgan fingerprint density at radius 3 is 1.85 bits per heavy atom. The second-order valence-corrected chi connectivity index (χ2v) is 10.8. The summed E-state index contributed by atoms with van der Waals surface area (Å²) in [7, 11) is -3.37. The Balaban J connectivity index is 1.93. The van der Waals surface area contributed by atoms with Crippen LogP contribution < -0.4 is 10.6 Å². The largest absolute Gasteiger partial charge is 0.392 e. The molecule has 0 bridgehead atoms. The lowest BCUT2D eigenvalue weighted by atomic mass is 10.1. The van der Waals surface area contributed by atoms with Crippen LogP contribution in [0.5, 0.6) is 0 Å². The van der Waals surface area contributed by atoms with Crippen LogP contribution in [0.15, 0.2) is 103 Å². The Morgan fingerprint density at radius 1 is 0.818 bits per heavy atom. The Bertz CT molecular complexity index is 981. The maximum atomic E-state index is 14.8. The minimum atomic E-state index is -3.37. The van der Waals surface area contributed by atoms with Gasteiger partial charge >= 0.3 is 0 Å². The fraction of sp³-hybridized carbons (Fsp3) is 0.259. The molecule has 0 aromatic heterocycles. The molecule has 0 heterocycles. The molecular weight excluding hydrogens is 435 g/mol. The number of aliphatic hydroxyl groups excluding tert-OH is 3. The molecule has 0 unspecified atom stereocenters. The van der Waals surface area contributed by atoms with Crippen molar-refractivity contribution in [2.45, 2.75) is 30.9 Å². The third-order valence-electron chi connectivity index (χ3n) is 5.60. The quantitative estimate of drug-likeness (QED) is 0.217. The predicted molar refractivity (Wildman–Crippen MR) is 133 cm³/mol. The molecule has 174 valence electrons. The van der Waals surface area contributed by atoms with E-state index in [2.05, 4.69) is 0 Å². The Morgan fingerprint density at radius 2 is 1.33 bits per heavy atom. The zero-order chi connectivity index (χ0) is 23.5. The summed E-state index contributed by atoms with van der Waals surface area (Å²) >= 11 is 0. The molecule has 5 nitrogen and oxygen atoms in total. The standard InChI is InChI=1S/C27H31O5P/c28-19-10-17-25(29)27(30)26(18-20-32-21-22-11-4-1-5-12-22)33(31,23-13-6-2-7-14-23)24-15-8-3-9-16-24/h1-17,25-30H,18-21H2/b17-10-/t25-,26-,27+/m1/s1. The first kappa shape index (κ1) is 25.1. The summed E-state index contributed by atoms with van der Waals surface area (Å²) < 4.78 is 20.7. The van der Waals surface area contributed by atoms with Crippen molar-refractivity contribution in [2.75, 3.05) is 13.2 Å². The van der Waals surface area contributed by atoms with Crippen LogP contribution in [-0.2, 0) is 15.9 Å². The minimum Gasteiger partial charge on any atom is -0.392 e. The maximum Gasteiger partial charge on any atom is 0.148 e. The molecule has 6 heteroatoms. The molecule has 0 aliphatic carbocycles. The van der Waals surface area contributed by atoms with Gasteiger partial charge < -0.3 is 24.6 Å². The number of aliphatic hydroxyl groups is 3. The first-order valence-corrected chi connectivity index (χ1v) is 12.8. The molecule has 0 radical (unpaired) electrons. The summed E-state index contributed by atoms with van der Waals surface area (Å²) in [6.07, 6.45) is 0.380. The SMILES string of the molecule is O=P(c1ccccc1)(c1ccccc1)[C@H](CCOCc1ccccc1)[C@@H](O)[C@H](O)/C=C\CO. The van der Waals surface area contributed by atoms with Crippen molar-refractivity contribution in [3.63, 3.8) is 0 Å². The van der Waals surface area contributed by atoms with Gasteiger partial charge in [-0.3, -0.25) is 0 Å². The lowest BCUT2D eigenvalue weighted by Crippen LogP contribution is -2.41. The van der Waals surface area contributed by atoms with Gasteiger partial charge in [0.25, 0.3) is 0 Å². The van der Waals surface area contributed by atoms with Gasteiger partial charge in [-0.05, 0) is 12.0 Å². The summed E-state index contributed by atoms with van der Waals surface area (Å²) in [4.78, 5) is 0. The molecular formula is C27H31O5P. The van der Waals surface area contributed by atoms with Gasteiger partial charge in [0.1, 0.15) is 7.14 Å². The average Bonchev–Trinajstić information content (AvgIpc) is 2.88. The smallest absolute Gasteiger partial charge is 0.148 e. The highest BCUT2D eigenvalue weighted by Gasteiger charge is 2.42. The fourth-order valence-corrected chi connectivity index (χ4v) is 7.28. The van der Waals surface area contributed by atoms with Crippen LogP contribution in [0.1, 0.15) is 12.0 Å². The number of hydrogen-bond acceptors (Lipinski definition) is 5. The van der Waals surface area contributed by atoms with Crippen LogP contribution in [0.3, 0.4) is 0 Å². The van der Waals surface area contributed by atoms with Gasteiger partial charge in [-0.25, -0.2) is 0 Å². The van der Waals surface area contributed by atoms with Crippen molar-refractivity contribution < 1.29 is 24.6 Å². The van der Waals surface area contributed by atoms with E-state index in [1.54, 1.807) is 24.3 Å². The number of rotatable bonds is 12. The molecule has 0 saturated heterocycles. The second kappa shape index (κ2) is 12.6. The fourth-order valence-electron chi connectivity index (χ4n) is 3.91. The molecule has 3 atom stereocenters. The van der Waals surface area contributed by atoms with Crippen LogP contribution in [-0.4, -0.2) is 46.4 Å². The van der Waals surface area contributed by atoms with Gasteiger partial charge in [0.05, 0.1) is 31.1 Å². The van der Waals surface area contributed by atoms with Crippen molar-refractivity contribution in [2.24, 2.45) is 0 Å². The van der Waals surface area contributed by atoms with Crippen LogP contribution in [0.25, 0.3) is 0 Å². The van der Waals surface area contributed by atoms with E-state index in [9.17, 15) is 14.8 Å². The highest BCUT2D eigenvalue weighted by Crippen LogP contribution is 2.51. The topological polar surface area (TPSA) is 87.0 Å². The predicted octanol–water partition coefficient (Wildman–Crippen LogP) is 3.25. The summed E-state index contributed by atoms with van der Waals surface area (Å²) in [5.74, 6) is 0. The van der Waals surface area contributed by atoms with Crippen LogP contribution in [0, 0.1) is 0 Å². The van der Waals surface area contributed by atoms with Gasteiger partial charge in [-0.1, -0.05) is 103 Å². The van der Waals surface area contributed by atoms with E-state index in [1.165, 1.54) is 12.2 Å². The molecule has 3 N–H and O–H groups in total. The summed E-state index contributed by atoms with van der Waals surface area (Å²) in [6, 6.07) is 27.9. The normalized spacial score (nSPS) is 14.8. The minimum absolute atomic E-state index is 0.260. The molecule has 0 amide bonds. The van der Waals surface area contributed by atoms with Crippen LogP contribution in [0.4, 0.5) is 0 Å². The van der Waals surface area contributed by atoms with Gasteiger partial charge in [0.2, 0.25) is 0 Å². The highest BCUT2D eigenvalue weighted by molar-refractivity contribution is 7.79. The van der Waals surface area contributed by atoms with E-state index in [4.69, 9.17) is 9.84 Å². The van der Waals surface area contributed by atoms with E-state index >= 15 is 0 Å². The van der Waals surface area contributed by atoms with Gasteiger partial charge in [0.15, 0.2) is 0 Å². The molecule has 0 fully saturated rings. The zero-order valence-electron chi connectivity index (χ0n) is 18.5. The Kier molecular flexibility index (Phi) is 9.61. The highest BCUT2D eigenvalue weighted by atomic mass is 31.2. The van der Waals surface area contributed by atoms with Crippen molar-refractivity contribution in [1.29, 1.82) is 0 Å². The van der Waals surface area contributed by atoms with Crippen molar-refractivity contribution >= 4 is 17.8 Å². The molecule has 0 spiro atoms. The van der Waals surface area contributed by atoms with E-state index in [1.807, 2.05) is 66.7 Å². The van der Waals surface area contributed by atoms with E-state index in [-0.39, 0.29) is 19.6 Å². The van der Waals surface area contributed by atoms with Gasteiger partial charge in [0, 0.05) is 17.2 Å². The van der Waals surface area contributed by atoms with Crippen molar-refractivity contribution in [1.82, 2.24) is 0 Å². The molecule has 33 heavy (non-hydrogen) atoms. The number of ether oxygens (including phenoxy) is 1. The molecule has 0 aliphatic rings. The molecule has 3 aromatic carbocycles. The van der Waals surface area contributed by atoms with Crippen LogP contribution in [0.2, 0.25) is 0 Å². The monoisotopic (exact) mass is 466 g/mol. The Labute approximate surface area is 195 Å². The second-order valence-electron chi connectivity index (χ2n) is 7.82. The van der Waals surface area contributed by atoms with E-state index in [0.29, 0.717) is 17.2 Å². The first-order chi connectivity index (χ1) is 16.1. The third kappa shape index (κ3) is 6.50. The van der Waals surface area contributed by atoms with Crippen LogP contribution >= 0.6 is 7.14 Å². The molecule has 0 aliphatic heterocycles. The zero-order valence-corrected chi connectivity index (χ0v) is 19.4. The average molecular weight is 467 g/mol. The molecule has 3 aromatic rings. The van der Waals surface area contributed by atoms with E-state index < -0.39 is 25.0 Å². The van der Waals surface area contributed by atoms with Crippen molar-refractivity contribution in [3.05, 3.63) is 109 Å². The van der Waals surface area contributed by atoms with Gasteiger partial charge in [-0.15, -0.1) is 0 Å². The molecule has 3 rings (SSSR count). The summed E-state index contributed by atoms with van der Waals surface area (Å²) in [6.45, 7) is 0.401. The van der Waals surface area contributed by atoms with E-state index in [0.717, 1.165) is 5.56 Å².